The lowest BCUT2D eigenvalue weighted by molar-refractivity contribution is -0.119. The maximum atomic E-state index is 12.7. The molecule has 0 unspecified atom stereocenters. The zero-order chi connectivity index (χ0) is 16.2. The van der Waals surface area contributed by atoms with Gasteiger partial charge in [0.1, 0.15) is 6.54 Å². The number of amidine groups is 1. The van der Waals surface area contributed by atoms with Crippen molar-refractivity contribution in [2.24, 2.45) is 10.9 Å². The molecule has 0 aliphatic carbocycles. The molecule has 0 aliphatic heterocycles. The van der Waals surface area contributed by atoms with Gasteiger partial charge in [0.05, 0.1) is 11.3 Å². The first kappa shape index (κ1) is 17.0. The highest BCUT2D eigenvalue weighted by Gasteiger charge is 2.33. The Morgan fingerprint density at radius 1 is 1.33 bits per heavy atom. The van der Waals surface area contributed by atoms with Crippen molar-refractivity contribution in [1.82, 2.24) is 10.2 Å². The van der Waals surface area contributed by atoms with Crippen molar-refractivity contribution >= 4 is 11.7 Å². The average Bonchev–Trinajstić information content (AvgIpc) is 2.39. The topological polar surface area (TPSA) is 87.6 Å². The minimum Gasteiger partial charge on any atom is -0.409 e. The van der Waals surface area contributed by atoms with Gasteiger partial charge in [-0.15, -0.1) is 5.10 Å². The van der Waals surface area contributed by atoms with Crippen LogP contribution in [0, 0.1) is 13.8 Å². The van der Waals surface area contributed by atoms with Crippen molar-refractivity contribution in [2.75, 3.05) is 18.0 Å². The van der Waals surface area contributed by atoms with E-state index in [-0.39, 0.29) is 23.8 Å². The molecule has 1 aromatic heterocycles. The molecule has 0 atom stereocenters. The van der Waals surface area contributed by atoms with Crippen LogP contribution in [0.15, 0.2) is 5.16 Å². The normalized spacial score (nSPS) is 12.6. The molecular formula is C12H18F3N5O. The molecule has 0 bridgehead atoms. The monoisotopic (exact) mass is 305 g/mol. The quantitative estimate of drug-likeness (QED) is 0.376. The van der Waals surface area contributed by atoms with Crippen molar-refractivity contribution in [2.45, 2.75) is 33.4 Å². The summed E-state index contributed by atoms with van der Waals surface area (Å²) in [5.41, 5.74) is 6.79. The fourth-order valence-electron chi connectivity index (χ4n) is 1.92. The van der Waals surface area contributed by atoms with Gasteiger partial charge in [-0.25, -0.2) is 0 Å². The van der Waals surface area contributed by atoms with Crippen molar-refractivity contribution in [1.29, 1.82) is 0 Å². The molecule has 1 heterocycles. The Hall–Kier alpha value is -2.06. The number of hydrogen-bond acceptors (Lipinski definition) is 5. The van der Waals surface area contributed by atoms with Gasteiger partial charge in [0.25, 0.3) is 0 Å². The van der Waals surface area contributed by atoms with Gasteiger partial charge in [0.2, 0.25) is 0 Å². The molecule has 0 radical (unpaired) electrons. The van der Waals surface area contributed by atoms with E-state index in [1.807, 2.05) is 0 Å². The van der Waals surface area contributed by atoms with Crippen LogP contribution < -0.4 is 10.6 Å². The number of alkyl halides is 3. The lowest BCUT2D eigenvalue weighted by Gasteiger charge is -2.26. The van der Waals surface area contributed by atoms with Crippen LogP contribution in [-0.4, -0.2) is 40.5 Å². The van der Waals surface area contributed by atoms with Crippen LogP contribution in [0.1, 0.15) is 30.2 Å². The predicted molar refractivity (Wildman–Crippen MR) is 72.6 cm³/mol. The molecule has 0 spiro atoms. The van der Waals surface area contributed by atoms with Gasteiger partial charge < -0.3 is 15.8 Å². The number of anilines is 1. The second-order valence-electron chi connectivity index (χ2n) is 4.63. The van der Waals surface area contributed by atoms with Crippen LogP contribution >= 0.6 is 0 Å². The van der Waals surface area contributed by atoms with Crippen molar-refractivity contribution in [3.8, 4) is 0 Å². The van der Waals surface area contributed by atoms with E-state index in [1.165, 1.54) is 0 Å². The van der Waals surface area contributed by atoms with Gasteiger partial charge in [-0.3, -0.25) is 0 Å². The van der Waals surface area contributed by atoms with Crippen molar-refractivity contribution in [3.63, 3.8) is 0 Å². The number of nitrogens with zero attached hydrogens (tertiary/aromatic N) is 4. The number of nitrogens with two attached hydrogens (primary N) is 1. The van der Waals surface area contributed by atoms with Crippen molar-refractivity contribution in [3.05, 3.63) is 16.8 Å². The number of halogens is 3. The van der Waals surface area contributed by atoms with Gasteiger partial charge in [-0.05, 0) is 25.8 Å². The van der Waals surface area contributed by atoms with Crippen LogP contribution in [0.3, 0.4) is 0 Å². The Labute approximate surface area is 120 Å². The molecule has 0 saturated carbocycles. The molecule has 1 aromatic rings. The van der Waals surface area contributed by atoms with Gasteiger partial charge in [-0.2, -0.15) is 18.3 Å². The lowest BCUT2D eigenvalue weighted by atomic mass is 10.1. The Bertz CT molecular complexity index is 530. The van der Waals surface area contributed by atoms with Gasteiger partial charge >= 0.3 is 6.18 Å². The largest absolute Gasteiger partial charge is 0.409 e. The van der Waals surface area contributed by atoms with E-state index in [9.17, 15) is 13.2 Å². The van der Waals surface area contributed by atoms with E-state index >= 15 is 0 Å². The third-order valence-corrected chi connectivity index (χ3v) is 2.96. The van der Waals surface area contributed by atoms with Crippen LogP contribution in [0.25, 0.3) is 0 Å². The van der Waals surface area contributed by atoms with E-state index in [0.717, 1.165) is 4.90 Å². The summed E-state index contributed by atoms with van der Waals surface area (Å²) in [5, 5.41) is 19.4. The standard InChI is InChI=1S/C12H18F3N5O/c1-4-5-20(6-12(13,14)15)11-9(10(16)19-21)7(2)8(3)17-18-11/h21H,4-6H2,1-3H3,(H2,16,19). The molecular weight excluding hydrogens is 287 g/mol. The van der Waals surface area contributed by atoms with E-state index in [2.05, 4.69) is 15.4 Å². The molecule has 3 N–H and O–H groups in total. The third-order valence-electron chi connectivity index (χ3n) is 2.96. The van der Waals surface area contributed by atoms with Gasteiger partial charge in [0.15, 0.2) is 11.7 Å². The molecule has 0 aromatic carbocycles. The van der Waals surface area contributed by atoms with E-state index in [1.54, 1.807) is 20.8 Å². The number of aryl methyl sites for hydroxylation is 1. The van der Waals surface area contributed by atoms with Crippen molar-refractivity contribution < 1.29 is 18.4 Å². The summed E-state index contributed by atoms with van der Waals surface area (Å²) in [6.07, 6.45) is -3.90. The first-order valence-corrected chi connectivity index (χ1v) is 6.34. The number of hydrogen-bond donors (Lipinski definition) is 2. The summed E-state index contributed by atoms with van der Waals surface area (Å²) in [7, 11) is 0. The molecule has 6 nitrogen and oxygen atoms in total. The highest BCUT2D eigenvalue weighted by molar-refractivity contribution is 6.02. The molecule has 0 saturated heterocycles. The molecule has 0 fully saturated rings. The SMILES string of the molecule is CCCN(CC(F)(F)F)c1nnc(C)c(C)c1C(N)=NO. The summed E-state index contributed by atoms with van der Waals surface area (Å²) < 4.78 is 38.1. The number of rotatable bonds is 5. The zero-order valence-corrected chi connectivity index (χ0v) is 12.1. The first-order chi connectivity index (χ1) is 9.71. The summed E-state index contributed by atoms with van der Waals surface area (Å²) in [4.78, 5) is 1.03. The van der Waals surface area contributed by atoms with E-state index < -0.39 is 12.7 Å². The van der Waals surface area contributed by atoms with E-state index in [0.29, 0.717) is 17.7 Å². The zero-order valence-electron chi connectivity index (χ0n) is 12.1. The smallest absolute Gasteiger partial charge is 0.405 e. The van der Waals surface area contributed by atoms with Gasteiger partial charge in [-0.1, -0.05) is 12.1 Å². The summed E-state index contributed by atoms with van der Waals surface area (Å²) in [5.74, 6) is -0.323. The minimum atomic E-state index is -4.39. The second kappa shape index (κ2) is 6.59. The summed E-state index contributed by atoms with van der Waals surface area (Å²) in [6, 6.07) is 0. The average molecular weight is 305 g/mol. The molecule has 118 valence electrons. The summed E-state index contributed by atoms with van der Waals surface area (Å²) >= 11 is 0. The molecule has 0 aliphatic rings. The third kappa shape index (κ3) is 4.20. The maximum Gasteiger partial charge on any atom is 0.405 e. The Balaban J connectivity index is 3.40. The number of aromatic nitrogens is 2. The van der Waals surface area contributed by atoms with Crippen LogP contribution in [0.4, 0.5) is 19.0 Å². The molecule has 0 amide bonds. The summed E-state index contributed by atoms with van der Waals surface area (Å²) in [6.45, 7) is 3.99. The Kier molecular flexibility index (Phi) is 5.34. The highest BCUT2D eigenvalue weighted by Crippen LogP contribution is 2.26. The predicted octanol–water partition coefficient (Wildman–Crippen LogP) is 1.97. The number of oxime groups is 1. The molecule has 1 rings (SSSR count). The fourth-order valence-corrected chi connectivity index (χ4v) is 1.92. The maximum absolute atomic E-state index is 12.7. The lowest BCUT2D eigenvalue weighted by Crippen LogP contribution is -2.37. The van der Waals surface area contributed by atoms with Crippen LogP contribution in [0.2, 0.25) is 0 Å². The first-order valence-electron chi connectivity index (χ1n) is 6.34. The van der Waals surface area contributed by atoms with Gasteiger partial charge in [0, 0.05) is 6.54 Å². The molecule has 9 heteroatoms. The Morgan fingerprint density at radius 2 is 1.95 bits per heavy atom. The van der Waals surface area contributed by atoms with E-state index in [4.69, 9.17) is 10.9 Å². The van der Waals surface area contributed by atoms with Crippen LogP contribution in [0.5, 0.6) is 0 Å². The second-order valence-corrected chi connectivity index (χ2v) is 4.63. The highest BCUT2D eigenvalue weighted by atomic mass is 19.4. The minimum absolute atomic E-state index is 0.0347. The Morgan fingerprint density at radius 3 is 2.43 bits per heavy atom. The molecule has 21 heavy (non-hydrogen) atoms. The van der Waals surface area contributed by atoms with Crippen LogP contribution in [-0.2, 0) is 0 Å². The fraction of sp³-hybridized carbons (Fsp3) is 0.583.